The summed E-state index contributed by atoms with van der Waals surface area (Å²) in [5, 5.41) is 2.87. The molecule has 0 spiro atoms. The van der Waals surface area contributed by atoms with Crippen LogP contribution in [0.25, 0.3) is 11.1 Å². The molecule has 142 valence electrons. The third kappa shape index (κ3) is 3.13. The molecule has 1 aliphatic heterocycles. The Hall–Kier alpha value is -3.55. The SMILES string of the molecule is COc1ccc(F)cc1-c1cc(F)ccc1C1Cc2nc(N)ncc2C(=O)N1. The Morgan fingerprint density at radius 1 is 1.11 bits per heavy atom. The average molecular weight is 382 g/mol. The van der Waals surface area contributed by atoms with Gasteiger partial charge in [0.25, 0.3) is 5.91 Å². The Kier molecular flexibility index (Phi) is 4.38. The largest absolute Gasteiger partial charge is 0.496 e. The molecule has 4 rings (SSSR count). The zero-order valence-electron chi connectivity index (χ0n) is 14.9. The molecule has 1 atom stereocenters. The highest BCUT2D eigenvalue weighted by atomic mass is 19.1. The van der Waals surface area contributed by atoms with E-state index in [0.717, 1.165) is 0 Å². The number of ether oxygens (including phenoxy) is 1. The van der Waals surface area contributed by atoms with E-state index in [0.29, 0.717) is 40.1 Å². The molecule has 0 aliphatic carbocycles. The van der Waals surface area contributed by atoms with Crippen molar-refractivity contribution in [2.24, 2.45) is 0 Å². The number of fused-ring (bicyclic) bond motifs is 1. The molecule has 0 bridgehead atoms. The van der Waals surface area contributed by atoms with E-state index in [1.165, 1.54) is 43.6 Å². The van der Waals surface area contributed by atoms with Crippen LogP contribution in [-0.4, -0.2) is 23.0 Å². The number of nitrogens with one attached hydrogen (secondary N) is 1. The van der Waals surface area contributed by atoms with Gasteiger partial charge in [-0.2, -0.15) is 0 Å². The van der Waals surface area contributed by atoms with E-state index in [-0.39, 0.29) is 11.9 Å². The lowest BCUT2D eigenvalue weighted by molar-refractivity contribution is 0.0923. The number of hydrogen-bond acceptors (Lipinski definition) is 5. The smallest absolute Gasteiger partial charge is 0.255 e. The van der Waals surface area contributed by atoms with Gasteiger partial charge in [-0.05, 0) is 41.5 Å². The first-order valence-corrected chi connectivity index (χ1v) is 8.52. The molecule has 0 fully saturated rings. The maximum Gasteiger partial charge on any atom is 0.255 e. The molecule has 2 aromatic carbocycles. The van der Waals surface area contributed by atoms with E-state index in [1.807, 2.05) is 0 Å². The Balaban J connectivity index is 1.84. The van der Waals surface area contributed by atoms with Gasteiger partial charge in [-0.15, -0.1) is 0 Å². The Labute approximate surface area is 159 Å². The number of benzene rings is 2. The molecule has 28 heavy (non-hydrogen) atoms. The number of rotatable bonds is 3. The van der Waals surface area contributed by atoms with Crippen molar-refractivity contribution in [1.29, 1.82) is 0 Å². The van der Waals surface area contributed by atoms with Crippen LogP contribution in [0.15, 0.2) is 42.6 Å². The highest BCUT2D eigenvalue weighted by Gasteiger charge is 2.29. The van der Waals surface area contributed by atoms with E-state index in [9.17, 15) is 13.6 Å². The quantitative estimate of drug-likeness (QED) is 0.727. The summed E-state index contributed by atoms with van der Waals surface area (Å²) in [6.45, 7) is 0. The van der Waals surface area contributed by atoms with Crippen molar-refractivity contribution < 1.29 is 18.3 Å². The van der Waals surface area contributed by atoms with Crippen molar-refractivity contribution in [3.8, 4) is 16.9 Å². The number of carbonyl (C=O) groups is 1. The van der Waals surface area contributed by atoms with Crippen LogP contribution in [0.4, 0.5) is 14.7 Å². The molecule has 1 amide bonds. The van der Waals surface area contributed by atoms with Crippen LogP contribution in [-0.2, 0) is 6.42 Å². The van der Waals surface area contributed by atoms with Crippen LogP contribution in [0, 0.1) is 11.6 Å². The molecular formula is C20H16F2N4O2. The first kappa shape index (κ1) is 17.8. The first-order chi connectivity index (χ1) is 13.5. The first-order valence-electron chi connectivity index (χ1n) is 8.52. The van der Waals surface area contributed by atoms with E-state index in [2.05, 4.69) is 15.3 Å². The summed E-state index contributed by atoms with van der Waals surface area (Å²) in [5.74, 6) is -0.864. The van der Waals surface area contributed by atoms with Gasteiger partial charge in [0.2, 0.25) is 5.95 Å². The summed E-state index contributed by atoms with van der Waals surface area (Å²) in [4.78, 5) is 20.5. The molecule has 3 aromatic rings. The molecule has 3 N–H and O–H groups in total. The number of nitrogens with zero attached hydrogens (tertiary/aromatic N) is 2. The number of nitrogen functional groups attached to an aromatic ring is 1. The van der Waals surface area contributed by atoms with Crippen LogP contribution in [0.3, 0.4) is 0 Å². The topological polar surface area (TPSA) is 90.1 Å². The lowest BCUT2D eigenvalue weighted by atomic mass is 9.89. The Morgan fingerprint density at radius 2 is 1.82 bits per heavy atom. The highest BCUT2D eigenvalue weighted by Crippen LogP contribution is 2.38. The zero-order chi connectivity index (χ0) is 19.8. The molecular weight excluding hydrogens is 366 g/mol. The number of amides is 1. The predicted molar refractivity (Wildman–Crippen MR) is 98.7 cm³/mol. The molecule has 1 aliphatic rings. The standard InChI is InChI=1S/C20H16F2N4O2/c1-28-18-5-3-11(22)7-14(18)13-6-10(21)2-4-12(13)16-8-17-15(19(27)25-16)9-24-20(23)26-17/h2-7,9,16H,8H2,1H3,(H,25,27)(H2,23,24,26). The van der Waals surface area contributed by atoms with Gasteiger partial charge in [0.05, 0.1) is 24.4 Å². The summed E-state index contributed by atoms with van der Waals surface area (Å²) in [7, 11) is 1.45. The second-order valence-electron chi connectivity index (χ2n) is 6.39. The number of methoxy groups -OCH3 is 1. The number of carbonyl (C=O) groups excluding carboxylic acids is 1. The van der Waals surface area contributed by atoms with Crippen molar-refractivity contribution >= 4 is 11.9 Å². The minimum absolute atomic E-state index is 0.0679. The van der Waals surface area contributed by atoms with Gasteiger partial charge in [-0.25, -0.2) is 18.7 Å². The lowest BCUT2D eigenvalue weighted by Gasteiger charge is -2.27. The highest BCUT2D eigenvalue weighted by molar-refractivity contribution is 5.96. The fraction of sp³-hybridized carbons (Fsp3) is 0.150. The molecule has 8 heteroatoms. The maximum absolute atomic E-state index is 14.0. The molecule has 0 saturated carbocycles. The summed E-state index contributed by atoms with van der Waals surface area (Å²) in [6, 6.07) is 7.66. The number of nitrogens with two attached hydrogens (primary N) is 1. The second-order valence-corrected chi connectivity index (χ2v) is 6.39. The van der Waals surface area contributed by atoms with Gasteiger partial charge < -0.3 is 15.8 Å². The second kappa shape index (κ2) is 6.88. The summed E-state index contributed by atoms with van der Waals surface area (Å²) in [5.41, 5.74) is 7.92. The monoisotopic (exact) mass is 382 g/mol. The number of hydrogen-bond donors (Lipinski definition) is 2. The Morgan fingerprint density at radius 3 is 2.57 bits per heavy atom. The normalized spacial score (nSPS) is 15.7. The molecule has 1 unspecified atom stereocenters. The van der Waals surface area contributed by atoms with E-state index in [1.54, 1.807) is 6.07 Å². The third-order valence-corrected chi connectivity index (χ3v) is 4.68. The van der Waals surface area contributed by atoms with Crippen LogP contribution >= 0.6 is 0 Å². The number of aromatic nitrogens is 2. The van der Waals surface area contributed by atoms with Crippen LogP contribution < -0.4 is 15.8 Å². The van der Waals surface area contributed by atoms with Crippen molar-refractivity contribution in [2.45, 2.75) is 12.5 Å². The minimum Gasteiger partial charge on any atom is -0.496 e. The van der Waals surface area contributed by atoms with Crippen molar-refractivity contribution in [3.05, 3.63) is 71.1 Å². The van der Waals surface area contributed by atoms with Gasteiger partial charge in [-0.3, -0.25) is 4.79 Å². The van der Waals surface area contributed by atoms with Gasteiger partial charge in [0.15, 0.2) is 0 Å². The van der Waals surface area contributed by atoms with E-state index in [4.69, 9.17) is 10.5 Å². The van der Waals surface area contributed by atoms with Crippen molar-refractivity contribution in [2.75, 3.05) is 12.8 Å². The number of anilines is 1. The summed E-state index contributed by atoms with van der Waals surface area (Å²) in [6.07, 6.45) is 1.72. The van der Waals surface area contributed by atoms with Crippen molar-refractivity contribution in [1.82, 2.24) is 15.3 Å². The van der Waals surface area contributed by atoms with E-state index < -0.39 is 17.7 Å². The van der Waals surface area contributed by atoms with Gasteiger partial charge in [0.1, 0.15) is 17.4 Å². The minimum atomic E-state index is -0.502. The third-order valence-electron chi connectivity index (χ3n) is 4.68. The molecule has 0 saturated heterocycles. The summed E-state index contributed by atoms with van der Waals surface area (Å²) < 4.78 is 33.3. The number of halogens is 2. The van der Waals surface area contributed by atoms with Gasteiger partial charge in [0, 0.05) is 18.2 Å². The Bertz CT molecular complexity index is 1090. The fourth-order valence-corrected chi connectivity index (χ4v) is 3.40. The van der Waals surface area contributed by atoms with Gasteiger partial charge in [-0.1, -0.05) is 6.07 Å². The molecule has 1 aromatic heterocycles. The molecule has 2 heterocycles. The van der Waals surface area contributed by atoms with Gasteiger partial charge >= 0.3 is 0 Å². The van der Waals surface area contributed by atoms with Crippen LogP contribution in [0.1, 0.15) is 27.7 Å². The zero-order valence-corrected chi connectivity index (χ0v) is 14.9. The maximum atomic E-state index is 14.0. The van der Waals surface area contributed by atoms with Crippen LogP contribution in [0.2, 0.25) is 0 Å². The molecule has 6 nitrogen and oxygen atoms in total. The fourth-order valence-electron chi connectivity index (χ4n) is 3.40. The predicted octanol–water partition coefficient (Wildman–Crippen LogP) is 3.04. The molecule has 0 radical (unpaired) electrons. The van der Waals surface area contributed by atoms with Crippen molar-refractivity contribution in [3.63, 3.8) is 0 Å². The van der Waals surface area contributed by atoms with Crippen LogP contribution in [0.5, 0.6) is 5.75 Å². The summed E-state index contributed by atoms with van der Waals surface area (Å²) >= 11 is 0. The van der Waals surface area contributed by atoms with E-state index >= 15 is 0 Å². The lowest BCUT2D eigenvalue weighted by Crippen LogP contribution is -2.36. The average Bonchev–Trinajstić information content (AvgIpc) is 2.67.